The third kappa shape index (κ3) is 4.36. The normalized spacial score (nSPS) is 15.1. The van der Waals surface area contributed by atoms with Crippen molar-refractivity contribution in [2.45, 2.75) is 51.0 Å². The van der Waals surface area contributed by atoms with Gasteiger partial charge in [0.05, 0.1) is 12.3 Å². The van der Waals surface area contributed by atoms with Gasteiger partial charge in [0.25, 0.3) is 10.0 Å². The number of hydrogen-bond acceptors (Lipinski definition) is 5. The standard InChI is InChI=1S/C21H26N2O4S/c1-13-4-6-18(8-14(13)2)23-28(26,27)21-11-16-5-7-19(25)9-17(16)10-20(21)22-15(3)12-24/h4,6,8,10-11,15,22-24H,5,7,9,12H2,1-3H3/t15-/m0/s1. The molecule has 3 N–H and O–H groups in total. The number of ketones is 1. The minimum atomic E-state index is -3.85. The highest BCUT2D eigenvalue weighted by molar-refractivity contribution is 7.92. The van der Waals surface area contributed by atoms with E-state index in [1.54, 1.807) is 31.2 Å². The van der Waals surface area contributed by atoms with E-state index in [2.05, 4.69) is 10.0 Å². The van der Waals surface area contributed by atoms with Gasteiger partial charge in [-0.1, -0.05) is 6.07 Å². The van der Waals surface area contributed by atoms with E-state index < -0.39 is 10.0 Å². The third-order valence-electron chi connectivity index (χ3n) is 5.09. The molecule has 0 aliphatic heterocycles. The first-order valence-corrected chi connectivity index (χ1v) is 10.8. The summed E-state index contributed by atoms with van der Waals surface area (Å²) in [7, 11) is -3.85. The van der Waals surface area contributed by atoms with E-state index >= 15 is 0 Å². The molecular formula is C21H26N2O4S. The average Bonchev–Trinajstić information content (AvgIpc) is 2.63. The number of hydrogen-bond donors (Lipinski definition) is 3. The van der Waals surface area contributed by atoms with Gasteiger partial charge in [0.15, 0.2) is 0 Å². The van der Waals surface area contributed by atoms with Crippen LogP contribution in [-0.4, -0.2) is 32.0 Å². The summed E-state index contributed by atoms with van der Waals surface area (Å²) < 4.78 is 29.0. The number of fused-ring (bicyclic) bond motifs is 1. The predicted octanol–water partition coefficient (Wildman–Crippen LogP) is 2.95. The fourth-order valence-electron chi connectivity index (χ4n) is 3.30. The van der Waals surface area contributed by atoms with Crippen LogP contribution in [0.5, 0.6) is 0 Å². The van der Waals surface area contributed by atoms with Gasteiger partial charge in [0.1, 0.15) is 10.7 Å². The topological polar surface area (TPSA) is 95.5 Å². The van der Waals surface area contributed by atoms with E-state index in [1.807, 2.05) is 19.9 Å². The number of sulfonamides is 1. The highest BCUT2D eigenvalue weighted by Gasteiger charge is 2.25. The molecule has 28 heavy (non-hydrogen) atoms. The number of Topliss-reactive ketones (excluding diaryl/α,β-unsaturated/α-hetero) is 1. The number of aryl methyl sites for hydroxylation is 3. The van der Waals surface area contributed by atoms with Crippen molar-refractivity contribution in [2.75, 3.05) is 16.6 Å². The zero-order valence-electron chi connectivity index (χ0n) is 16.4. The SMILES string of the molecule is Cc1ccc(NS(=O)(=O)c2cc3c(cc2N[C@@H](C)CO)CC(=O)CC3)cc1C. The zero-order chi connectivity index (χ0) is 20.5. The van der Waals surface area contributed by atoms with Gasteiger partial charge in [-0.15, -0.1) is 0 Å². The molecule has 150 valence electrons. The Morgan fingerprint density at radius 2 is 1.82 bits per heavy atom. The maximum Gasteiger partial charge on any atom is 0.263 e. The summed E-state index contributed by atoms with van der Waals surface area (Å²) >= 11 is 0. The van der Waals surface area contributed by atoms with E-state index in [0.29, 0.717) is 30.6 Å². The lowest BCUT2D eigenvalue weighted by atomic mass is 9.90. The Kier molecular flexibility index (Phi) is 5.76. The second kappa shape index (κ2) is 7.93. The number of rotatable bonds is 6. The van der Waals surface area contributed by atoms with Crippen molar-refractivity contribution in [3.8, 4) is 0 Å². The molecule has 0 unspecified atom stereocenters. The quantitative estimate of drug-likeness (QED) is 0.690. The van der Waals surface area contributed by atoms with Gasteiger partial charge in [0.2, 0.25) is 0 Å². The van der Waals surface area contributed by atoms with E-state index in [4.69, 9.17) is 0 Å². The first-order chi connectivity index (χ1) is 13.2. The molecule has 2 aromatic carbocycles. The molecule has 0 saturated heterocycles. The summed E-state index contributed by atoms with van der Waals surface area (Å²) in [5, 5.41) is 12.4. The number of aliphatic hydroxyl groups excluding tert-OH is 1. The van der Waals surface area contributed by atoms with Gasteiger partial charge in [-0.2, -0.15) is 0 Å². The van der Waals surface area contributed by atoms with Gasteiger partial charge >= 0.3 is 0 Å². The highest BCUT2D eigenvalue weighted by Crippen LogP contribution is 2.31. The molecule has 0 spiro atoms. The van der Waals surface area contributed by atoms with Crippen molar-refractivity contribution in [3.05, 3.63) is 52.6 Å². The van der Waals surface area contributed by atoms with Crippen molar-refractivity contribution in [1.82, 2.24) is 0 Å². The van der Waals surface area contributed by atoms with E-state index in [1.165, 1.54) is 0 Å². The third-order valence-corrected chi connectivity index (χ3v) is 6.51. The van der Waals surface area contributed by atoms with E-state index in [9.17, 15) is 18.3 Å². The summed E-state index contributed by atoms with van der Waals surface area (Å²) in [4.78, 5) is 11.9. The molecule has 0 heterocycles. The number of benzene rings is 2. The van der Waals surface area contributed by atoms with E-state index in [0.717, 1.165) is 22.3 Å². The minimum absolute atomic E-state index is 0.124. The van der Waals surface area contributed by atoms with Gasteiger partial charge in [-0.3, -0.25) is 9.52 Å². The zero-order valence-corrected chi connectivity index (χ0v) is 17.2. The van der Waals surface area contributed by atoms with Crippen LogP contribution in [-0.2, 0) is 27.7 Å². The number of nitrogens with one attached hydrogen (secondary N) is 2. The molecule has 0 amide bonds. The summed E-state index contributed by atoms with van der Waals surface area (Å²) in [6.45, 7) is 5.52. The number of aliphatic hydroxyl groups is 1. The van der Waals surface area contributed by atoms with Crippen molar-refractivity contribution >= 4 is 27.2 Å². The van der Waals surface area contributed by atoms with Gasteiger partial charge in [-0.25, -0.2) is 8.42 Å². The van der Waals surface area contributed by atoms with Crippen molar-refractivity contribution in [3.63, 3.8) is 0 Å². The Morgan fingerprint density at radius 1 is 1.07 bits per heavy atom. The van der Waals surface area contributed by atoms with Crippen LogP contribution in [0.25, 0.3) is 0 Å². The molecule has 1 aliphatic carbocycles. The Hall–Kier alpha value is -2.38. The summed E-state index contributed by atoms with van der Waals surface area (Å²) in [5.41, 5.74) is 4.69. The predicted molar refractivity (Wildman–Crippen MR) is 110 cm³/mol. The molecule has 7 heteroatoms. The van der Waals surface area contributed by atoms with Gasteiger partial charge in [-0.05, 0) is 73.7 Å². The largest absolute Gasteiger partial charge is 0.394 e. The molecule has 6 nitrogen and oxygen atoms in total. The van der Waals surface area contributed by atoms with Crippen molar-refractivity contribution in [1.29, 1.82) is 0 Å². The number of carbonyl (C=O) groups excluding carboxylic acids is 1. The van der Waals surface area contributed by atoms with Crippen LogP contribution in [0.4, 0.5) is 11.4 Å². The summed E-state index contributed by atoms with van der Waals surface area (Å²) in [6, 6.07) is 8.46. The Bertz CT molecular complexity index is 1020. The fourth-order valence-corrected chi connectivity index (χ4v) is 4.55. The molecule has 0 saturated carbocycles. The number of carbonyl (C=O) groups is 1. The Labute approximate surface area is 166 Å². The highest BCUT2D eigenvalue weighted by atomic mass is 32.2. The summed E-state index contributed by atoms with van der Waals surface area (Å²) in [5.74, 6) is 0.150. The molecule has 2 aromatic rings. The first kappa shape index (κ1) is 20.4. The molecule has 1 aliphatic rings. The molecule has 0 fully saturated rings. The monoisotopic (exact) mass is 402 g/mol. The maximum atomic E-state index is 13.2. The van der Waals surface area contributed by atoms with Crippen molar-refractivity contribution < 1.29 is 18.3 Å². The minimum Gasteiger partial charge on any atom is -0.394 e. The van der Waals surface area contributed by atoms with Crippen LogP contribution < -0.4 is 10.0 Å². The smallest absolute Gasteiger partial charge is 0.263 e. The molecular weight excluding hydrogens is 376 g/mol. The molecule has 0 radical (unpaired) electrons. The van der Waals surface area contributed by atoms with Gasteiger partial charge in [0, 0.05) is 24.6 Å². The molecule has 1 atom stereocenters. The second-order valence-corrected chi connectivity index (χ2v) is 9.12. The molecule has 0 bridgehead atoms. The number of anilines is 2. The van der Waals surface area contributed by atoms with Crippen LogP contribution in [0.1, 0.15) is 35.6 Å². The van der Waals surface area contributed by atoms with E-state index in [-0.39, 0.29) is 23.3 Å². The fraction of sp³-hybridized carbons (Fsp3) is 0.381. The first-order valence-electron chi connectivity index (χ1n) is 9.34. The van der Waals surface area contributed by atoms with Crippen LogP contribution in [0.15, 0.2) is 35.2 Å². The second-order valence-electron chi connectivity index (χ2n) is 7.47. The van der Waals surface area contributed by atoms with Crippen molar-refractivity contribution in [2.24, 2.45) is 0 Å². The average molecular weight is 403 g/mol. The lowest BCUT2D eigenvalue weighted by Crippen LogP contribution is -2.24. The van der Waals surface area contributed by atoms with Crippen LogP contribution in [0.2, 0.25) is 0 Å². The molecule has 0 aromatic heterocycles. The van der Waals surface area contributed by atoms with Crippen LogP contribution in [0, 0.1) is 13.8 Å². The van der Waals surface area contributed by atoms with Crippen LogP contribution in [0.3, 0.4) is 0 Å². The molecule has 3 rings (SSSR count). The Morgan fingerprint density at radius 3 is 2.50 bits per heavy atom. The van der Waals surface area contributed by atoms with Gasteiger partial charge < -0.3 is 10.4 Å². The maximum absolute atomic E-state index is 13.2. The lowest BCUT2D eigenvalue weighted by Gasteiger charge is -2.22. The van der Waals surface area contributed by atoms with Crippen LogP contribution >= 0.6 is 0 Å². The lowest BCUT2D eigenvalue weighted by molar-refractivity contribution is -0.118. The Balaban J connectivity index is 2.04. The summed E-state index contributed by atoms with van der Waals surface area (Å²) in [6.07, 6.45) is 1.27.